The van der Waals surface area contributed by atoms with Crippen molar-refractivity contribution >= 4 is 11.8 Å². The minimum absolute atomic E-state index is 0.168. The molecule has 4 heteroatoms. The fourth-order valence-corrected chi connectivity index (χ4v) is 3.09. The number of para-hydroxylation sites is 1. The summed E-state index contributed by atoms with van der Waals surface area (Å²) in [6, 6.07) is 13.0. The number of methoxy groups -OCH3 is 1. The van der Waals surface area contributed by atoms with Crippen molar-refractivity contribution in [2.45, 2.75) is 29.7 Å². The molecular weight excluding hydrogens is 285 g/mol. The van der Waals surface area contributed by atoms with Gasteiger partial charge in [0.25, 0.3) is 0 Å². The number of nitrogens with one attached hydrogen (secondary N) is 1. The van der Waals surface area contributed by atoms with Crippen LogP contribution < -0.4 is 10.1 Å². The summed E-state index contributed by atoms with van der Waals surface area (Å²) >= 11 is 1.53. The Morgan fingerprint density at radius 1 is 1.10 bits per heavy atom. The van der Waals surface area contributed by atoms with Crippen molar-refractivity contribution < 1.29 is 9.13 Å². The number of hydrogen-bond acceptors (Lipinski definition) is 3. The molecule has 0 heterocycles. The van der Waals surface area contributed by atoms with Crippen molar-refractivity contribution in [2.75, 3.05) is 13.7 Å². The van der Waals surface area contributed by atoms with E-state index in [4.69, 9.17) is 4.74 Å². The molecule has 0 saturated heterocycles. The molecule has 0 bridgehead atoms. The third-order valence-electron chi connectivity index (χ3n) is 3.09. The van der Waals surface area contributed by atoms with Gasteiger partial charge < -0.3 is 10.1 Å². The molecule has 0 spiro atoms. The first kappa shape index (κ1) is 15.9. The third-order valence-corrected chi connectivity index (χ3v) is 4.25. The second-order valence-electron chi connectivity index (χ2n) is 4.65. The topological polar surface area (TPSA) is 21.3 Å². The van der Waals surface area contributed by atoms with Gasteiger partial charge in [0.2, 0.25) is 0 Å². The summed E-state index contributed by atoms with van der Waals surface area (Å²) < 4.78 is 19.4. The first-order valence-corrected chi connectivity index (χ1v) is 7.87. The molecule has 2 rings (SSSR count). The molecule has 1 N–H and O–H groups in total. The highest BCUT2D eigenvalue weighted by Gasteiger charge is 2.11. The van der Waals surface area contributed by atoms with Gasteiger partial charge in [-0.05, 0) is 37.2 Å². The van der Waals surface area contributed by atoms with Crippen LogP contribution in [-0.4, -0.2) is 13.7 Å². The zero-order valence-corrected chi connectivity index (χ0v) is 13.2. The Labute approximate surface area is 129 Å². The summed E-state index contributed by atoms with van der Waals surface area (Å²) in [6.07, 6.45) is 1.03. The molecule has 0 saturated carbocycles. The Bertz CT molecular complexity index is 589. The number of halogens is 1. The number of ether oxygens (including phenoxy) is 1. The minimum atomic E-state index is -0.168. The maximum Gasteiger partial charge on any atom is 0.132 e. The highest BCUT2D eigenvalue weighted by Crippen LogP contribution is 2.36. The Kier molecular flexibility index (Phi) is 6.08. The first-order valence-electron chi connectivity index (χ1n) is 7.05. The molecule has 2 nitrogen and oxygen atoms in total. The van der Waals surface area contributed by atoms with Crippen LogP contribution in [0.4, 0.5) is 4.39 Å². The molecule has 0 aliphatic rings. The quantitative estimate of drug-likeness (QED) is 0.762. The van der Waals surface area contributed by atoms with E-state index in [0.29, 0.717) is 12.1 Å². The Balaban J connectivity index is 2.24. The summed E-state index contributed by atoms with van der Waals surface area (Å²) in [6.45, 7) is 3.52. The molecule has 0 radical (unpaired) electrons. The van der Waals surface area contributed by atoms with Crippen LogP contribution in [0.15, 0.2) is 52.3 Å². The van der Waals surface area contributed by atoms with Gasteiger partial charge in [-0.2, -0.15) is 0 Å². The molecule has 0 fully saturated rings. The van der Waals surface area contributed by atoms with Gasteiger partial charge in [0.1, 0.15) is 11.6 Å². The van der Waals surface area contributed by atoms with Crippen LogP contribution in [0.5, 0.6) is 5.75 Å². The average molecular weight is 305 g/mol. The number of benzene rings is 2. The van der Waals surface area contributed by atoms with Crippen LogP contribution in [0.1, 0.15) is 18.9 Å². The molecule has 0 atom stereocenters. The van der Waals surface area contributed by atoms with E-state index in [1.807, 2.05) is 30.3 Å². The smallest absolute Gasteiger partial charge is 0.132 e. The van der Waals surface area contributed by atoms with E-state index >= 15 is 0 Å². The summed E-state index contributed by atoms with van der Waals surface area (Å²) in [4.78, 5) is 1.91. The molecule has 2 aromatic carbocycles. The first-order chi connectivity index (χ1) is 10.3. The molecule has 0 unspecified atom stereocenters. The fourth-order valence-electron chi connectivity index (χ4n) is 2.02. The van der Waals surface area contributed by atoms with E-state index < -0.39 is 0 Å². The molecule has 0 aromatic heterocycles. The molecular formula is C17H20FNOS. The zero-order valence-electron chi connectivity index (χ0n) is 12.4. The zero-order chi connectivity index (χ0) is 15.1. The monoisotopic (exact) mass is 305 g/mol. The largest absolute Gasteiger partial charge is 0.496 e. The maximum atomic E-state index is 14.1. The maximum absolute atomic E-state index is 14.1. The Hall–Kier alpha value is -1.52. The second-order valence-corrected chi connectivity index (χ2v) is 5.73. The van der Waals surface area contributed by atoms with Crippen LogP contribution >= 0.6 is 11.8 Å². The van der Waals surface area contributed by atoms with Crippen molar-refractivity contribution in [1.29, 1.82) is 0 Å². The van der Waals surface area contributed by atoms with Gasteiger partial charge in [-0.25, -0.2) is 4.39 Å². The van der Waals surface area contributed by atoms with Gasteiger partial charge in [0.15, 0.2) is 0 Å². The van der Waals surface area contributed by atoms with E-state index in [0.717, 1.165) is 28.5 Å². The lowest BCUT2D eigenvalue weighted by Crippen LogP contribution is -2.15. The summed E-state index contributed by atoms with van der Waals surface area (Å²) in [5.41, 5.74) is 0.710. The fraction of sp³-hybridized carbons (Fsp3) is 0.294. The van der Waals surface area contributed by atoms with Crippen LogP contribution in [0.2, 0.25) is 0 Å². The lowest BCUT2D eigenvalue weighted by atomic mass is 10.2. The van der Waals surface area contributed by atoms with Crippen LogP contribution in [-0.2, 0) is 6.54 Å². The molecule has 2 aromatic rings. The van der Waals surface area contributed by atoms with Crippen molar-refractivity contribution in [3.63, 3.8) is 0 Å². The van der Waals surface area contributed by atoms with E-state index in [-0.39, 0.29) is 5.82 Å². The van der Waals surface area contributed by atoms with E-state index in [2.05, 4.69) is 12.2 Å². The van der Waals surface area contributed by atoms with Crippen molar-refractivity contribution in [3.05, 3.63) is 53.8 Å². The van der Waals surface area contributed by atoms with Crippen LogP contribution in [0.25, 0.3) is 0 Å². The van der Waals surface area contributed by atoms with Gasteiger partial charge in [-0.1, -0.05) is 36.9 Å². The van der Waals surface area contributed by atoms with E-state index in [1.165, 1.54) is 17.8 Å². The average Bonchev–Trinajstić information content (AvgIpc) is 2.50. The van der Waals surface area contributed by atoms with E-state index in [1.54, 1.807) is 13.2 Å². The van der Waals surface area contributed by atoms with Crippen LogP contribution in [0, 0.1) is 5.82 Å². The molecule has 0 aliphatic heterocycles. The summed E-state index contributed by atoms with van der Waals surface area (Å²) in [7, 11) is 1.65. The predicted molar refractivity (Wildman–Crippen MR) is 85.5 cm³/mol. The lowest BCUT2D eigenvalue weighted by Gasteiger charge is -2.13. The normalized spacial score (nSPS) is 10.6. The van der Waals surface area contributed by atoms with Crippen LogP contribution in [0.3, 0.4) is 0 Å². The van der Waals surface area contributed by atoms with Gasteiger partial charge in [0.05, 0.1) is 12.0 Å². The molecule has 112 valence electrons. The minimum Gasteiger partial charge on any atom is -0.496 e. The SMILES string of the molecule is CCCNCc1c(F)cccc1Sc1ccccc1OC. The van der Waals surface area contributed by atoms with Crippen molar-refractivity contribution in [2.24, 2.45) is 0 Å². The highest BCUT2D eigenvalue weighted by molar-refractivity contribution is 7.99. The molecule has 0 amide bonds. The third kappa shape index (κ3) is 4.22. The molecule has 0 aliphatic carbocycles. The van der Waals surface area contributed by atoms with Crippen molar-refractivity contribution in [1.82, 2.24) is 5.32 Å². The molecule has 21 heavy (non-hydrogen) atoms. The van der Waals surface area contributed by atoms with Gasteiger partial charge in [0, 0.05) is 17.0 Å². The van der Waals surface area contributed by atoms with E-state index in [9.17, 15) is 4.39 Å². The summed E-state index contributed by atoms with van der Waals surface area (Å²) in [5.74, 6) is 0.637. The Morgan fingerprint density at radius 2 is 1.86 bits per heavy atom. The predicted octanol–water partition coefficient (Wildman–Crippen LogP) is 4.49. The van der Waals surface area contributed by atoms with Gasteiger partial charge in [-0.3, -0.25) is 0 Å². The standard InChI is InChI=1S/C17H20FNOS/c1-3-11-19-12-13-14(18)7-6-10-16(13)21-17-9-5-4-8-15(17)20-2/h4-10,19H,3,11-12H2,1-2H3. The second kappa shape index (κ2) is 8.05. The summed E-state index contributed by atoms with van der Waals surface area (Å²) in [5, 5.41) is 3.26. The number of hydrogen-bond donors (Lipinski definition) is 1. The highest BCUT2D eigenvalue weighted by atomic mass is 32.2. The van der Waals surface area contributed by atoms with Gasteiger partial charge in [-0.15, -0.1) is 0 Å². The Morgan fingerprint density at radius 3 is 2.62 bits per heavy atom. The van der Waals surface area contributed by atoms with Crippen molar-refractivity contribution in [3.8, 4) is 5.75 Å². The lowest BCUT2D eigenvalue weighted by molar-refractivity contribution is 0.405. The number of rotatable bonds is 7. The van der Waals surface area contributed by atoms with Gasteiger partial charge >= 0.3 is 0 Å².